The molecule has 0 amide bonds. The molecule has 0 aliphatic carbocycles. The van der Waals surface area contributed by atoms with E-state index >= 15 is 0 Å². The lowest BCUT2D eigenvalue weighted by Crippen LogP contribution is -2.25. The Balaban J connectivity index is 1.78. The lowest BCUT2D eigenvalue weighted by atomic mass is 9.90. The third kappa shape index (κ3) is 3.56. The Kier molecular flexibility index (Phi) is 5.31. The van der Waals surface area contributed by atoms with Crippen LogP contribution in [0.1, 0.15) is 40.9 Å². The van der Waals surface area contributed by atoms with E-state index in [1.165, 1.54) is 12.3 Å². The Morgan fingerprint density at radius 3 is 2.60 bits per heavy atom. The number of carbonyl (C=O) groups is 1. The molecule has 0 saturated heterocycles. The monoisotopic (exact) mass is 405 g/mol. The fourth-order valence-corrected chi connectivity index (χ4v) is 3.94. The van der Waals surface area contributed by atoms with Crippen LogP contribution in [0.15, 0.2) is 59.5 Å². The zero-order valence-electron chi connectivity index (χ0n) is 16.9. The molecule has 6 heteroatoms. The van der Waals surface area contributed by atoms with E-state index in [4.69, 9.17) is 9.47 Å². The molecule has 1 N–H and O–H groups in total. The lowest BCUT2D eigenvalue weighted by molar-refractivity contribution is 0.0694. The van der Waals surface area contributed by atoms with Gasteiger partial charge < -0.3 is 19.1 Å². The van der Waals surface area contributed by atoms with Crippen LogP contribution in [0.3, 0.4) is 0 Å². The van der Waals surface area contributed by atoms with E-state index in [1.807, 2.05) is 54.0 Å². The molecule has 0 unspecified atom stereocenters. The van der Waals surface area contributed by atoms with E-state index in [1.54, 1.807) is 7.11 Å². The molecule has 0 fully saturated rings. The topological polar surface area (TPSA) is 77.8 Å². The summed E-state index contributed by atoms with van der Waals surface area (Å²) in [4.78, 5) is 23.8. The molecule has 1 aliphatic heterocycles. The van der Waals surface area contributed by atoms with Gasteiger partial charge in [0.05, 0.1) is 12.8 Å². The molecule has 6 nitrogen and oxygen atoms in total. The number of benzene rings is 2. The summed E-state index contributed by atoms with van der Waals surface area (Å²) in [6, 6.07) is 15.2. The lowest BCUT2D eigenvalue weighted by Gasteiger charge is -2.31. The van der Waals surface area contributed by atoms with Crippen molar-refractivity contribution in [3.8, 4) is 22.8 Å². The van der Waals surface area contributed by atoms with Gasteiger partial charge in [0, 0.05) is 23.9 Å². The second-order valence-corrected chi connectivity index (χ2v) is 7.35. The van der Waals surface area contributed by atoms with Gasteiger partial charge in [0.2, 0.25) is 0 Å². The first-order valence-electron chi connectivity index (χ1n) is 9.89. The third-order valence-electron chi connectivity index (χ3n) is 5.53. The van der Waals surface area contributed by atoms with Crippen molar-refractivity contribution in [1.29, 1.82) is 0 Å². The van der Waals surface area contributed by atoms with E-state index in [0.29, 0.717) is 30.2 Å². The summed E-state index contributed by atoms with van der Waals surface area (Å²) in [6.07, 6.45) is 2.98. The number of ether oxygens (including phenoxy) is 2. The van der Waals surface area contributed by atoms with Gasteiger partial charge in [-0.1, -0.05) is 37.3 Å². The molecule has 0 bridgehead atoms. The zero-order valence-corrected chi connectivity index (χ0v) is 16.9. The second-order valence-electron chi connectivity index (χ2n) is 7.35. The van der Waals surface area contributed by atoms with Crippen LogP contribution < -0.4 is 14.9 Å². The first kappa shape index (κ1) is 19.8. The number of rotatable bonds is 6. The molecule has 1 aromatic heterocycles. The first-order chi connectivity index (χ1) is 14.5. The highest BCUT2D eigenvalue weighted by molar-refractivity contribution is 5.87. The number of nitrogens with zero attached hydrogens (tertiary/aromatic N) is 1. The summed E-state index contributed by atoms with van der Waals surface area (Å²) in [5.74, 6) is 0.00652. The minimum Gasteiger partial charge on any atom is -0.493 e. The van der Waals surface area contributed by atoms with Crippen LogP contribution >= 0.6 is 0 Å². The van der Waals surface area contributed by atoms with Crippen molar-refractivity contribution in [3.63, 3.8) is 0 Å². The quantitative estimate of drug-likeness (QED) is 0.661. The van der Waals surface area contributed by atoms with Crippen LogP contribution in [0.2, 0.25) is 0 Å². The molecule has 0 radical (unpaired) electrons. The van der Waals surface area contributed by atoms with Crippen LogP contribution in [0.5, 0.6) is 11.5 Å². The predicted octanol–water partition coefficient (Wildman–Crippen LogP) is 4.31. The van der Waals surface area contributed by atoms with Crippen LogP contribution in [-0.2, 0) is 13.0 Å². The molecule has 3 aromatic rings. The van der Waals surface area contributed by atoms with E-state index < -0.39 is 11.4 Å². The van der Waals surface area contributed by atoms with Gasteiger partial charge in [0.25, 0.3) is 0 Å². The van der Waals surface area contributed by atoms with Crippen molar-refractivity contribution in [1.82, 2.24) is 4.57 Å². The van der Waals surface area contributed by atoms with Crippen molar-refractivity contribution < 1.29 is 19.4 Å². The normalized spacial score (nSPS) is 14.5. The zero-order chi connectivity index (χ0) is 21.3. The Morgan fingerprint density at radius 2 is 1.93 bits per heavy atom. The van der Waals surface area contributed by atoms with Crippen LogP contribution in [0, 0.1) is 0 Å². The van der Waals surface area contributed by atoms with Gasteiger partial charge in [-0.2, -0.15) is 0 Å². The van der Waals surface area contributed by atoms with Gasteiger partial charge in [-0.15, -0.1) is 0 Å². The molecular weight excluding hydrogens is 382 g/mol. The van der Waals surface area contributed by atoms with E-state index in [2.05, 4.69) is 0 Å². The van der Waals surface area contributed by atoms with Crippen LogP contribution in [0.4, 0.5) is 0 Å². The molecule has 0 spiro atoms. The maximum absolute atomic E-state index is 12.4. The molecular formula is C24H23NO5. The first-order valence-corrected chi connectivity index (χ1v) is 9.89. The second kappa shape index (κ2) is 8.06. The minimum atomic E-state index is -1.21. The fraction of sp³-hybridized carbons (Fsp3) is 0.250. The summed E-state index contributed by atoms with van der Waals surface area (Å²) >= 11 is 0. The number of carboxylic acid groups (broad SMARTS) is 1. The summed E-state index contributed by atoms with van der Waals surface area (Å²) in [7, 11) is 1.58. The van der Waals surface area contributed by atoms with E-state index in [0.717, 1.165) is 23.1 Å². The number of aromatic nitrogens is 1. The van der Waals surface area contributed by atoms with Gasteiger partial charge in [-0.25, -0.2) is 4.79 Å². The van der Waals surface area contributed by atoms with E-state index in [-0.39, 0.29) is 11.6 Å². The van der Waals surface area contributed by atoms with Crippen molar-refractivity contribution in [3.05, 3.63) is 81.6 Å². The highest BCUT2D eigenvalue weighted by Crippen LogP contribution is 2.41. The summed E-state index contributed by atoms with van der Waals surface area (Å²) < 4.78 is 13.5. The van der Waals surface area contributed by atoms with Gasteiger partial charge in [0.1, 0.15) is 12.2 Å². The number of hydrogen-bond donors (Lipinski definition) is 1. The summed E-state index contributed by atoms with van der Waals surface area (Å²) in [6.45, 7) is 2.47. The maximum Gasteiger partial charge on any atom is 0.341 e. The van der Waals surface area contributed by atoms with Gasteiger partial charge >= 0.3 is 5.97 Å². The molecule has 30 heavy (non-hydrogen) atoms. The maximum atomic E-state index is 12.4. The molecule has 2 aromatic carbocycles. The SMILES string of the molecule is CC[C@H]1Cc2cc(OCc3ccccc3)c(OC)cc2-c2cc(=O)c(C(=O)O)cn21. The molecule has 2 heterocycles. The number of carboxylic acids is 1. The largest absolute Gasteiger partial charge is 0.493 e. The number of fused-ring (bicyclic) bond motifs is 3. The highest BCUT2D eigenvalue weighted by Gasteiger charge is 2.27. The van der Waals surface area contributed by atoms with Crippen molar-refractivity contribution in [2.24, 2.45) is 0 Å². The van der Waals surface area contributed by atoms with Gasteiger partial charge in [0.15, 0.2) is 16.9 Å². The number of aromatic carboxylic acids is 1. The Morgan fingerprint density at radius 1 is 1.17 bits per heavy atom. The third-order valence-corrected chi connectivity index (χ3v) is 5.53. The van der Waals surface area contributed by atoms with Crippen LogP contribution in [-0.4, -0.2) is 22.8 Å². The molecule has 0 saturated carbocycles. The van der Waals surface area contributed by atoms with Crippen molar-refractivity contribution in [2.75, 3.05) is 7.11 Å². The number of pyridine rings is 1. The summed E-state index contributed by atoms with van der Waals surface area (Å²) in [5, 5.41) is 9.34. The Labute approximate surface area is 174 Å². The molecule has 1 aliphatic rings. The minimum absolute atomic E-state index is 0.0570. The average Bonchev–Trinajstić information content (AvgIpc) is 2.76. The molecule has 154 valence electrons. The van der Waals surface area contributed by atoms with Gasteiger partial charge in [-0.05, 0) is 36.1 Å². The molecule has 4 rings (SSSR count). The predicted molar refractivity (Wildman–Crippen MR) is 113 cm³/mol. The Bertz CT molecular complexity index is 1150. The molecule has 1 atom stereocenters. The van der Waals surface area contributed by atoms with E-state index in [9.17, 15) is 14.7 Å². The van der Waals surface area contributed by atoms with Crippen molar-refractivity contribution in [2.45, 2.75) is 32.4 Å². The highest BCUT2D eigenvalue weighted by atomic mass is 16.5. The average molecular weight is 405 g/mol. The smallest absolute Gasteiger partial charge is 0.341 e. The fourth-order valence-electron chi connectivity index (χ4n) is 3.94. The number of methoxy groups -OCH3 is 1. The van der Waals surface area contributed by atoms with Crippen molar-refractivity contribution >= 4 is 5.97 Å². The standard InChI is InChI=1S/C24H23NO5/c1-3-17-9-16-10-23(30-14-15-7-5-4-6-8-15)22(29-2)11-18(16)20-12-21(26)19(24(27)28)13-25(17)20/h4-8,10-13,17H,3,9,14H2,1-2H3,(H,27,28)/t17-/m0/s1. The van der Waals surface area contributed by atoms with Gasteiger partial charge in [-0.3, -0.25) is 4.79 Å². The summed E-state index contributed by atoms with van der Waals surface area (Å²) in [5.41, 5.74) is 2.95. The number of hydrogen-bond acceptors (Lipinski definition) is 4. The van der Waals surface area contributed by atoms with Crippen LogP contribution in [0.25, 0.3) is 11.3 Å². The Hall–Kier alpha value is -3.54.